The zero-order valence-electron chi connectivity index (χ0n) is 11.6. The first-order valence-corrected chi connectivity index (χ1v) is 5.51. The average molecular weight is 267 g/mol. The number of oxime groups is 1. The lowest BCUT2D eigenvalue weighted by Crippen LogP contribution is -2.07. The van der Waals surface area contributed by atoms with Crippen molar-refractivity contribution in [3.8, 4) is 0 Å². The lowest BCUT2D eigenvalue weighted by molar-refractivity contribution is -0.385. The van der Waals surface area contributed by atoms with Crippen molar-refractivity contribution in [2.75, 3.05) is 21.2 Å². The van der Waals surface area contributed by atoms with E-state index < -0.39 is 4.92 Å². The number of allylic oxidation sites excluding steroid dienone is 1. The van der Waals surface area contributed by atoms with Crippen molar-refractivity contribution < 1.29 is 9.76 Å². The van der Waals surface area contributed by atoms with Gasteiger partial charge in [-0.3, -0.25) is 14.8 Å². The molecule has 1 rings (SSSR count). The van der Waals surface area contributed by atoms with Gasteiger partial charge in [-0.2, -0.15) is 5.10 Å². The van der Waals surface area contributed by atoms with Gasteiger partial charge in [-0.15, -0.1) is 0 Å². The maximum absolute atomic E-state index is 11.2. The summed E-state index contributed by atoms with van der Waals surface area (Å²) in [6.07, 6.45) is 3.13. The molecule has 0 saturated carbocycles. The van der Waals surface area contributed by atoms with Crippen molar-refractivity contribution in [1.82, 2.24) is 14.7 Å². The molecule has 0 amide bonds. The minimum atomic E-state index is -0.443. The molecule has 8 heteroatoms. The summed E-state index contributed by atoms with van der Waals surface area (Å²) in [7, 11) is 6.69. The van der Waals surface area contributed by atoms with Crippen LogP contribution in [0.4, 0.5) is 5.69 Å². The van der Waals surface area contributed by atoms with Crippen LogP contribution < -0.4 is 0 Å². The van der Waals surface area contributed by atoms with E-state index >= 15 is 0 Å². The second-order valence-electron chi connectivity index (χ2n) is 4.13. The second-order valence-corrected chi connectivity index (χ2v) is 4.13. The van der Waals surface area contributed by atoms with Crippen LogP contribution in [0, 0.1) is 17.0 Å². The molecule has 0 fully saturated rings. The Kier molecular flexibility index (Phi) is 4.62. The van der Waals surface area contributed by atoms with E-state index in [-0.39, 0.29) is 5.69 Å². The van der Waals surface area contributed by atoms with Gasteiger partial charge in [0, 0.05) is 32.9 Å². The Hall–Kier alpha value is -2.38. The molecule has 0 unspecified atom stereocenters. The first-order valence-electron chi connectivity index (χ1n) is 5.51. The highest BCUT2D eigenvalue weighted by Crippen LogP contribution is 2.28. The van der Waals surface area contributed by atoms with Crippen LogP contribution in [0.25, 0.3) is 5.57 Å². The topological polar surface area (TPSA) is 85.8 Å². The van der Waals surface area contributed by atoms with Gasteiger partial charge >= 0.3 is 5.69 Å². The lowest BCUT2D eigenvalue weighted by atomic mass is 10.1. The molecule has 0 radical (unpaired) electrons. The van der Waals surface area contributed by atoms with Gasteiger partial charge in [-0.25, -0.2) is 0 Å². The van der Waals surface area contributed by atoms with Crippen LogP contribution in [0.5, 0.6) is 0 Å². The van der Waals surface area contributed by atoms with Crippen molar-refractivity contribution in [2.24, 2.45) is 12.2 Å². The third-order valence-corrected chi connectivity index (χ3v) is 2.34. The van der Waals surface area contributed by atoms with E-state index in [1.807, 2.05) is 14.1 Å². The number of nitrogens with zero attached hydrogens (tertiary/aromatic N) is 5. The van der Waals surface area contributed by atoms with Gasteiger partial charge in [-0.05, 0) is 6.92 Å². The number of aromatic nitrogens is 2. The molecule has 0 bridgehead atoms. The van der Waals surface area contributed by atoms with E-state index in [1.54, 1.807) is 25.1 Å². The summed E-state index contributed by atoms with van der Waals surface area (Å²) in [5.74, 6) is 0. The van der Waals surface area contributed by atoms with Crippen LogP contribution >= 0.6 is 0 Å². The van der Waals surface area contributed by atoms with Gasteiger partial charge in [0.2, 0.25) is 0 Å². The highest BCUT2D eigenvalue weighted by atomic mass is 16.6. The predicted molar refractivity (Wildman–Crippen MR) is 71.8 cm³/mol. The van der Waals surface area contributed by atoms with E-state index in [9.17, 15) is 10.1 Å². The fourth-order valence-corrected chi connectivity index (χ4v) is 1.73. The fourth-order valence-electron chi connectivity index (χ4n) is 1.73. The van der Waals surface area contributed by atoms with E-state index in [1.165, 1.54) is 18.0 Å². The van der Waals surface area contributed by atoms with Crippen LogP contribution in [0.15, 0.2) is 11.4 Å². The van der Waals surface area contributed by atoms with Crippen LogP contribution in [-0.4, -0.2) is 47.0 Å². The number of hydrogen-bond donors (Lipinski definition) is 0. The summed E-state index contributed by atoms with van der Waals surface area (Å²) >= 11 is 0. The minimum absolute atomic E-state index is 0.0295. The molecule has 0 aliphatic rings. The molecule has 0 aliphatic carbocycles. The van der Waals surface area contributed by atoms with E-state index in [0.29, 0.717) is 17.0 Å². The van der Waals surface area contributed by atoms with E-state index in [2.05, 4.69) is 15.1 Å². The molecule has 1 heterocycles. The third-order valence-electron chi connectivity index (χ3n) is 2.34. The summed E-state index contributed by atoms with van der Waals surface area (Å²) in [5, 5.41) is 18.9. The number of hydrogen-bond acceptors (Lipinski definition) is 6. The third kappa shape index (κ3) is 3.30. The molecule has 0 N–H and O–H groups in total. The molecule has 0 atom stereocenters. The summed E-state index contributed by atoms with van der Waals surface area (Å²) < 4.78 is 1.46. The summed E-state index contributed by atoms with van der Waals surface area (Å²) in [6, 6.07) is 0. The normalized spacial score (nSPS) is 11.9. The molecule has 1 aromatic rings. The SMILES string of the molecule is CO/N=C\C(=C/N(C)C)c1c([N+](=O)[O-])c(C)nn1C. The first-order chi connectivity index (χ1) is 8.88. The quantitative estimate of drug-likeness (QED) is 0.454. The molecule has 0 aromatic carbocycles. The monoisotopic (exact) mass is 267 g/mol. The summed E-state index contributed by atoms with van der Waals surface area (Å²) in [5.41, 5.74) is 1.26. The van der Waals surface area contributed by atoms with Gasteiger partial charge in [-0.1, -0.05) is 5.16 Å². The Balaban J connectivity index is 3.46. The molecular weight excluding hydrogens is 250 g/mol. The van der Waals surface area contributed by atoms with Crippen molar-refractivity contribution in [2.45, 2.75) is 6.92 Å². The molecule has 0 saturated heterocycles. The Labute approximate surface area is 111 Å². The van der Waals surface area contributed by atoms with Crippen molar-refractivity contribution in [3.05, 3.63) is 27.7 Å². The summed E-state index contributed by atoms with van der Waals surface area (Å²) in [4.78, 5) is 17.1. The minimum Gasteiger partial charge on any atom is -0.399 e. The number of nitro groups is 1. The maximum Gasteiger partial charge on any atom is 0.317 e. The Morgan fingerprint density at radius 2 is 2.21 bits per heavy atom. The highest BCUT2D eigenvalue weighted by molar-refractivity contribution is 6.10. The van der Waals surface area contributed by atoms with Crippen LogP contribution in [0.2, 0.25) is 0 Å². The smallest absolute Gasteiger partial charge is 0.317 e. The first kappa shape index (κ1) is 14.7. The Morgan fingerprint density at radius 3 is 2.68 bits per heavy atom. The molecule has 1 aromatic heterocycles. The fraction of sp³-hybridized carbons (Fsp3) is 0.455. The Morgan fingerprint density at radius 1 is 1.58 bits per heavy atom. The Bertz CT molecular complexity index is 531. The van der Waals surface area contributed by atoms with Crippen LogP contribution in [0.3, 0.4) is 0 Å². The molecule has 19 heavy (non-hydrogen) atoms. The number of aryl methyl sites for hydroxylation is 2. The molecule has 8 nitrogen and oxygen atoms in total. The maximum atomic E-state index is 11.2. The van der Waals surface area contributed by atoms with Gasteiger partial charge in [0.05, 0.1) is 11.1 Å². The largest absolute Gasteiger partial charge is 0.399 e. The standard InChI is InChI=1S/C11H17N5O3/c1-8-10(16(17)18)11(15(4)13-8)9(6-12-19-5)7-14(2)3/h6-7H,1-5H3/b9-7+,12-6-. The molecule has 0 aliphatic heterocycles. The second kappa shape index (κ2) is 5.98. The zero-order chi connectivity index (χ0) is 14.6. The number of rotatable bonds is 5. The van der Waals surface area contributed by atoms with Crippen LogP contribution in [0.1, 0.15) is 11.4 Å². The molecular formula is C11H17N5O3. The van der Waals surface area contributed by atoms with Crippen molar-refractivity contribution >= 4 is 17.5 Å². The summed E-state index contributed by atoms with van der Waals surface area (Å²) in [6.45, 7) is 1.60. The molecule has 0 spiro atoms. The molecule has 104 valence electrons. The average Bonchev–Trinajstić information content (AvgIpc) is 2.59. The van der Waals surface area contributed by atoms with Crippen molar-refractivity contribution in [1.29, 1.82) is 0 Å². The lowest BCUT2D eigenvalue weighted by Gasteiger charge is -2.08. The van der Waals surface area contributed by atoms with Gasteiger partial charge in [0.25, 0.3) is 0 Å². The van der Waals surface area contributed by atoms with Gasteiger partial charge in [0.15, 0.2) is 0 Å². The predicted octanol–water partition coefficient (Wildman–Crippen LogP) is 1.17. The van der Waals surface area contributed by atoms with Crippen molar-refractivity contribution in [3.63, 3.8) is 0 Å². The van der Waals surface area contributed by atoms with Gasteiger partial charge < -0.3 is 9.74 Å². The van der Waals surface area contributed by atoms with Gasteiger partial charge in [0.1, 0.15) is 18.5 Å². The van der Waals surface area contributed by atoms with E-state index in [4.69, 9.17) is 0 Å². The highest BCUT2D eigenvalue weighted by Gasteiger charge is 2.26. The zero-order valence-corrected chi connectivity index (χ0v) is 11.6. The van der Waals surface area contributed by atoms with Crippen LogP contribution in [-0.2, 0) is 11.9 Å². The van der Waals surface area contributed by atoms with E-state index in [0.717, 1.165) is 0 Å².